The lowest BCUT2D eigenvalue weighted by atomic mass is 9.89. The van der Waals surface area contributed by atoms with Crippen molar-refractivity contribution < 1.29 is 26.9 Å². The molecular weight excluding hydrogens is 487 g/mol. The van der Waals surface area contributed by atoms with E-state index in [1.807, 2.05) is 30.1 Å². The summed E-state index contributed by atoms with van der Waals surface area (Å²) in [4.78, 5) is 22.7. The van der Waals surface area contributed by atoms with Gasteiger partial charge in [-0.1, -0.05) is 36.6 Å². The zero-order chi connectivity index (χ0) is 26.0. The van der Waals surface area contributed by atoms with Gasteiger partial charge < -0.3 is 19.2 Å². The van der Waals surface area contributed by atoms with Crippen LogP contribution in [0.5, 0.6) is 0 Å². The molecule has 1 fully saturated rings. The number of rotatable bonds is 7. The number of alkyl halides is 3. The third-order valence-corrected chi connectivity index (χ3v) is 6.57. The average molecular weight is 514 g/mol. The molecule has 1 saturated carbocycles. The van der Waals surface area contributed by atoms with E-state index in [9.17, 15) is 18.0 Å². The van der Waals surface area contributed by atoms with Crippen LogP contribution in [-0.2, 0) is 6.18 Å². The van der Waals surface area contributed by atoms with E-state index in [2.05, 4.69) is 20.0 Å². The van der Waals surface area contributed by atoms with Crippen molar-refractivity contribution in [3.05, 3.63) is 59.8 Å². The predicted octanol–water partition coefficient (Wildman–Crippen LogP) is 5.81. The molecule has 1 N–H and O–H groups in total. The number of anilines is 1. The minimum Gasteiger partial charge on any atom is -0.440 e. The molecule has 2 aromatic carbocycles. The minimum absolute atomic E-state index is 0.239. The maximum Gasteiger partial charge on any atom is 0.471 e. The number of hydrogen-bond donors (Lipinski definition) is 1. The van der Waals surface area contributed by atoms with Crippen molar-refractivity contribution in [1.29, 1.82) is 0 Å². The van der Waals surface area contributed by atoms with Gasteiger partial charge in [0.15, 0.2) is 11.5 Å². The van der Waals surface area contributed by atoms with Crippen LogP contribution >= 0.6 is 0 Å². The first-order valence-electron chi connectivity index (χ1n) is 12.2. The molecule has 0 aliphatic heterocycles. The summed E-state index contributed by atoms with van der Waals surface area (Å²) in [5, 5.41) is 6.20. The highest BCUT2D eigenvalue weighted by Crippen LogP contribution is 2.34. The number of aromatic nitrogens is 3. The van der Waals surface area contributed by atoms with Crippen molar-refractivity contribution >= 4 is 22.7 Å². The molecule has 0 bridgehead atoms. The molecule has 5 rings (SSSR count). The smallest absolute Gasteiger partial charge is 0.440 e. The van der Waals surface area contributed by atoms with Gasteiger partial charge in [-0.05, 0) is 43.2 Å². The van der Waals surface area contributed by atoms with Gasteiger partial charge in [-0.15, -0.1) is 0 Å². The summed E-state index contributed by atoms with van der Waals surface area (Å²) in [6.45, 7) is 0.883. The Labute approximate surface area is 210 Å². The quantitative estimate of drug-likeness (QED) is 0.333. The van der Waals surface area contributed by atoms with Crippen molar-refractivity contribution in [3.8, 4) is 11.4 Å². The Bertz CT molecular complexity index is 1390. The number of carbonyl (C=O) groups is 1. The Morgan fingerprint density at radius 1 is 1.11 bits per heavy atom. The van der Waals surface area contributed by atoms with Crippen molar-refractivity contribution in [1.82, 2.24) is 20.4 Å². The standard InChI is InChI=1S/C26H26F3N5O3/c1-34(19-10-11-21-20(15-19)31-24(36-21)16-6-3-2-4-7-16)13-12-30-23(35)18-9-5-8-17(14-18)22-32-25(37-33-22)26(27,28)29/h5,8-11,14-16H,2-4,6-7,12-13H2,1H3,(H,30,35). The molecule has 194 valence electrons. The van der Waals surface area contributed by atoms with Crippen molar-refractivity contribution in [2.24, 2.45) is 0 Å². The monoisotopic (exact) mass is 513 g/mol. The summed E-state index contributed by atoms with van der Waals surface area (Å²) in [5.74, 6) is -0.827. The summed E-state index contributed by atoms with van der Waals surface area (Å²) < 4.78 is 48.5. The zero-order valence-corrected chi connectivity index (χ0v) is 20.2. The highest BCUT2D eigenvalue weighted by Gasteiger charge is 2.38. The Morgan fingerprint density at radius 3 is 2.68 bits per heavy atom. The first-order chi connectivity index (χ1) is 17.8. The fourth-order valence-corrected chi connectivity index (χ4v) is 4.52. The van der Waals surface area contributed by atoms with Crippen LogP contribution in [0.4, 0.5) is 18.9 Å². The van der Waals surface area contributed by atoms with E-state index in [1.54, 1.807) is 12.1 Å². The highest BCUT2D eigenvalue weighted by molar-refractivity contribution is 5.95. The van der Waals surface area contributed by atoms with Crippen LogP contribution in [0.3, 0.4) is 0 Å². The van der Waals surface area contributed by atoms with Crippen molar-refractivity contribution in [2.45, 2.75) is 44.2 Å². The Balaban J connectivity index is 1.18. The highest BCUT2D eigenvalue weighted by atomic mass is 19.4. The largest absolute Gasteiger partial charge is 0.471 e. The number of hydrogen-bond acceptors (Lipinski definition) is 7. The summed E-state index contributed by atoms with van der Waals surface area (Å²) in [6, 6.07) is 11.9. The van der Waals surface area contributed by atoms with Gasteiger partial charge in [0.05, 0.1) is 0 Å². The van der Waals surface area contributed by atoms with Crippen LogP contribution in [0.25, 0.3) is 22.5 Å². The molecule has 0 spiro atoms. The number of benzene rings is 2. The van der Waals surface area contributed by atoms with Crippen LogP contribution in [0.15, 0.2) is 51.4 Å². The van der Waals surface area contributed by atoms with Gasteiger partial charge in [0.2, 0.25) is 5.82 Å². The van der Waals surface area contributed by atoms with Gasteiger partial charge in [-0.3, -0.25) is 4.79 Å². The van der Waals surface area contributed by atoms with Gasteiger partial charge in [0, 0.05) is 42.9 Å². The molecule has 37 heavy (non-hydrogen) atoms. The molecule has 0 atom stereocenters. The fraction of sp³-hybridized carbons (Fsp3) is 0.385. The van der Waals surface area contributed by atoms with Crippen LogP contribution in [0.1, 0.15) is 60.2 Å². The minimum atomic E-state index is -4.73. The maximum atomic E-state index is 12.7. The maximum absolute atomic E-state index is 12.7. The van der Waals surface area contributed by atoms with Crippen LogP contribution < -0.4 is 10.2 Å². The van der Waals surface area contributed by atoms with E-state index >= 15 is 0 Å². The molecule has 1 aliphatic rings. The van der Waals surface area contributed by atoms with E-state index in [0.29, 0.717) is 19.0 Å². The summed E-state index contributed by atoms with van der Waals surface area (Å²) in [7, 11) is 1.92. The third kappa shape index (κ3) is 5.60. The van der Waals surface area contributed by atoms with Gasteiger partial charge in [-0.25, -0.2) is 4.98 Å². The van der Waals surface area contributed by atoms with Crippen molar-refractivity contribution in [2.75, 3.05) is 25.0 Å². The molecule has 0 saturated heterocycles. The predicted molar refractivity (Wildman–Crippen MR) is 130 cm³/mol. The third-order valence-electron chi connectivity index (χ3n) is 6.57. The normalized spacial score (nSPS) is 14.7. The van der Waals surface area contributed by atoms with E-state index in [1.165, 1.54) is 31.4 Å². The van der Waals surface area contributed by atoms with Gasteiger partial charge in [-0.2, -0.15) is 18.2 Å². The van der Waals surface area contributed by atoms with Crippen LogP contribution in [0.2, 0.25) is 0 Å². The molecule has 1 aliphatic carbocycles. The number of oxazole rings is 1. The first kappa shape index (κ1) is 24.8. The number of likely N-dealkylation sites (N-methyl/N-ethyl adjacent to an activating group) is 1. The number of nitrogens with zero attached hydrogens (tertiary/aromatic N) is 4. The lowest BCUT2D eigenvalue weighted by molar-refractivity contribution is -0.159. The molecule has 4 aromatic rings. The van der Waals surface area contributed by atoms with E-state index in [4.69, 9.17) is 9.40 Å². The average Bonchev–Trinajstić information content (AvgIpc) is 3.57. The SMILES string of the molecule is CN(CCNC(=O)c1cccc(-c2noc(C(F)(F)F)n2)c1)c1ccc2oc(C3CCCCC3)nc2c1. The second kappa shape index (κ2) is 10.2. The first-order valence-corrected chi connectivity index (χ1v) is 12.2. The van der Waals surface area contributed by atoms with Gasteiger partial charge >= 0.3 is 12.1 Å². The van der Waals surface area contributed by atoms with Crippen molar-refractivity contribution in [3.63, 3.8) is 0 Å². The summed E-state index contributed by atoms with van der Waals surface area (Å²) >= 11 is 0. The number of carbonyl (C=O) groups excluding carboxylic acids is 1. The molecule has 11 heteroatoms. The topological polar surface area (TPSA) is 97.3 Å². The Morgan fingerprint density at radius 2 is 1.92 bits per heavy atom. The van der Waals surface area contributed by atoms with E-state index in [-0.39, 0.29) is 22.9 Å². The number of halogens is 3. The second-order valence-corrected chi connectivity index (χ2v) is 9.22. The molecule has 2 heterocycles. The summed E-state index contributed by atoms with van der Waals surface area (Å²) in [5.41, 5.74) is 3.07. The number of amides is 1. The van der Waals surface area contributed by atoms with Crippen LogP contribution in [0, 0.1) is 0 Å². The molecule has 1 amide bonds. The molecule has 0 unspecified atom stereocenters. The molecule has 2 aromatic heterocycles. The number of fused-ring (bicyclic) bond motifs is 1. The lowest BCUT2D eigenvalue weighted by Gasteiger charge is -2.19. The van der Waals surface area contributed by atoms with Gasteiger partial charge in [0.25, 0.3) is 5.91 Å². The second-order valence-electron chi connectivity index (χ2n) is 9.22. The Kier molecular flexibility index (Phi) is 6.86. The lowest BCUT2D eigenvalue weighted by Crippen LogP contribution is -2.33. The summed E-state index contributed by atoms with van der Waals surface area (Å²) in [6.07, 6.45) is 1.20. The zero-order valence-electron chi connectivity index (χ0n) is 20.2. The Hall–Kier alpha value is -3.89. The van der Waals surface area contributed by atoms with Crippen LogP contribution in [-0.4, -0.2) is 41.2 Å². The molecular formula is C26H26F3N5O3. The van der Waals surface area contributed by atoms with Gasteiger partial charge in [0.1, 0.15) is 5.52 Å². The molecule has 8 nitrogen and oxygen atoms in total. The van der Waals surface area contributed by atoms with E-state index in [0.717, 1.165) is 35.5 Å². The fourth-order valence-electron chi connectivity index (χ4n) is 4.52. The molecule has 0 radical (unpaired) electrons. The number of nitrogens with one attached hydrogen (secondary N) is 1. The van der Waals surface area contributed by atoms with E-state index < -0.39 is 12.1 Å².